The number of hydrogen-bond acceptors (Lipinski definition) is 3. The molecule has 0 aromatic rings. The van der Waals surface area contributed by atoms with E-state index in [4.69, 9.17) is 4.74 Å². The lowest BCUT2D eigenvalue weighted by atomic mass is 9.95. The lowest BCUT2D eigenvalue weighted by Crippen LogP contribution is -2.43. The molecule has 0 aliphatic carbocycles. The summed E-state index contributed by atoms with van der Waals surface area (Å²) in [6.07, 6.45) is 6.87. The molecule has 0 bridgehead atoms. The van der Waals surface area contributed by atoms with Crippen LogP contribution >= 0.6 is 0 Å². The van der Waals surface area contributed by atoms with E-state index < -0.39 is 0 Å². The van der Waals surface area contributed by atoms with Gasteiger partial charge in [0.25, 0.3) is 0 Å². The van der Waals surface area contributed by atoms with Crippen LogP contribution in [0.4, 0.5) is 0 Å². The average molecular weight is 257 g/mol. The fourth-order valence-corrected chi connectivity index (χ4v) is 2.88. The molecule has 3 unspecified atom stereocenters. The summed E-state index contributed by atoms with van der Waals surface area (Å²) in [6.45, 7) is 8.11. The number of aliphatic hydroxyl groups is 1. The third kappa shape index (κ3) is 5.25. The molecule has 1 rings (SSSR count). The van der Waals surface area contributed by atoms with E-state index in [-0.39, 0.29) is 6.10 Å². The average Bonchev–Trinajstić information content (AvgIpc) is 2.39. The number of nitrogens with one attached hydrogen (secondary N) is 1. The summed E-state index contributed by atoms with van der Waals surface area (Å²) in [7, 11) is 0. The van der Waals surface area contributed by atoms with Gasteiger partial charge in [-0.05, 0) is 25.2 Å². The van der Waals surface area contributed by atoms with Crippen molar-refractivity contribution in [2.24, 2.45) is 5.92 Å². The van der Waals surface area contributed by atoms with Gasteiger partial charge in [-0.25, -0.2) is 0 Å². The highest BCUT2D eigenvalue weighted by atomic mass is 16.5. The molecule has 0 aromatic carbocycles. The quantitative estimate of drug-likeness (QED) is 0.702. The van der Waals surface area contributed by atoms with E-state index in [1.807, 2.05) is 0 Å². The topological polar surface area (TPSA) is 41.5 Å². The monoisotopic (exact) mass is 257 g/mol. The molecular weight excluding hydrogens is 226 g/mol. The van der Waals surface area contributed by atoms with Crippen molar-refractivity contribution in [1.82, 2.24) is 5.32 Å². The first-order chi connectivity index (χ1) is 8.71. The molecule has 0 aromatic heterocycles. The molecule has 108 valence electrons. The van der Waals surface area contributed by atoms with E-state index in [1.54, 1.807) is 0 Å². The highest BCUT2D eigenvalue weighted by Gasteiger charge is 2.23. The van der Waals surface area contributed by atoms with Crippen molar-refractivity contribution in [2.75, 3.05) is 13.2 Å². The second kappa shape index (κ2) is 8.89. The minimum atomic E-state index is -0.201. The Bertz CT molecular complexity index is 205. The first kappa shape index (κ1) is 15.9. The van der Waals surface area contributed by atoms with Crippen LogP contribution in [-0.2, 0) is 4.74 Å². The third-order valence-corrected chi connectivity index (χ3v) is 4.19. The number of ether oxygens (including phenoxy) is 1. The summed E-state index contributed by atoms with van der Waals surface area (Å²) in [5, 5.41) is 13.6. The zero-order chi connectivity index (χ0) is 13.4. The van der Waals surface area contributed by atoms with Crippen LogP contribution < -0.4 is 5.32 Å². The van der Waals surface area contributed by atoms with Gasteiger partial charge in [0.05, 0.1) is 12.2 Å². The minimum Gasteiger partial charge on any atom is -0.392 e. The lowest BCUT2D eigenvalue weighted by Gasteiger charge is -2.31. The molecule has 0 amide bonds. The maximum Gasteiger partial charge on any atom is 0.0692 e. The van der Waals surface area contributed by atoms with Crippen LogP contribution in [0, 0.1) is 5.92 Å². The van der Waals surface area contributed by atoms with Gasteiger partial charge in [-0.3, -0.25) is 0 Å². The van der Waals surface area contributed by atoms with Crippen LogP contribution in [-0.4, -0.2) is 36.5 Å². The fraction of sp³-hybridized carbons (Fsp3) is 1.00. The molecule has 3 nitrogen and oxygen atoms in total. The normalized spacial score (nSPS) is 26.5. The van der Waals surface area contributed by atoms with Gasteiger partial charge in [-0.1, -0.05) is 40.0 Å². The molecule has 1 heterocycles. The van der Waals surface area contributed by atoms with Gasteiger partial charge in [-0.2, -0.15) is 0 Å². The molecule has 1 saturated heterocycles. The van der Waals surface area contributed by atoms with Crippen molar-refractivity contribution in [3.05, 3.63) is 0 Å². The van der Waals surface area contributed by atoms with Crippen molar-refractivity contribution in [1.29, 1.82) is 0 Å². The fourth-order valence-electron chi connectivity index (χ4n) is 2.88. The second-order valence-electron chi connectivity index (χ2n) is 5.55. The maximum absolute atomic E-state index is 10.1. The van der Waals surface area contributed by atoms with Gasteiger partial charge in [0.2, 0.25) is 0 Å². The predicted octanol–water partition coefficient (Wildman–Crippen LogP) is 2.72. The first-order valence-corrected chi connectivity index (χ1v) is 7.74. The Morgan fingerprint density at radius 2 is 2.00 bits per heavy atom. The Morgan fingerprint density at radius 1 is 1.28 bits per heavy atom. The van der Waals surface area contributed by atoms with Gasteiger partial charge in [0.15, 0.2) is 0 Å². The van der Waals surface area contributed by atoms with Crippen molar-refractivity contribution < 1.29 is 9.84 Å². The van der Waals surface area contributed by atoms with Crippen molar-refractivity contribution >= 4 is 0 Å². The van der Waals surface area contributed by atoms with E-state index in [0.717, 1.165) is 45.3 Å². The highest BCUT2D eigenvalue weighted by molar-refractivity contribution is 4.79. The van der Waals surface area contributed by atoms with Crippen LogP contribution in [0.1, 0.15) is 59.3 Å². The van der Waals surface area contributed by atoms with E-state index >= 15 is 0 Å². The molecule has 3 heteroatoms. The lowest BCUT2D eigenvalue weighted by molar-refractivity contribution is -0.00655. The third-order valence-electron chi connectivity index (χ3n) is 4.19. The van der Waals surface area contributed by atoms with E-state index in [0.29, 0.717) is 18.1 Å². The summed E-state index contributed by atoms with van der Waals surface area (Å²) in [4.78, 5) is 0. The summed E-state index contributed by atoms with van der Waals surface area (Å²) < 4.78 is 5.74. The SMILES string of the molecule is CCCC1CC(NCC(O)C(CC)CC)CCO1. The van der Waals surface area contributed by atoms with Gasteiger partial charge >= 0.3 is 0 Å². The molecule has 1 aliphatic rings. The molecule has 2 N–H and O–H groups in total. The molecule has 3 atom stereocenters. The highest BCUT2D eigenvalue weighted by Crippen LogP contribution is 2.18. The summed E-state index contributed by atoms with van der Waals surface area (Å²) in [6, 6.07) is 0.527. The molecule has 0 radical (unpaired) electrons. The standard InChI is InChI=1S/C15H31NO2/c1-4-7-14-10-13(8-9-18-14)16-11-15(17)12(5-2)6-3/h12-17H,4-11H2,1-3H3. The predicted molar refractivity (Wildman–Crippen MR) is 75.8 cm³/mol. The molecule has 1 fully saturated rings. The Labute approximate surface area is 112 Å². The van der Waals surface area contributed by atoms with E-state index in [9.17, 15) is 5.11 Å². The number of rotatable bonds is 8. The molecular formula is C15H31NO2. The molecule has 18 heavy (non-hydrogen) atoms. The van der Waals surface area contributed by atoms with Crippen LogP contribution in [0.3, 0.4) is 0 Å². The van der Waals surface area contributed by atoms with E-state index in [1.165, 1.54) is 6.42 Å². The second-order valence-corrected chi connectivity index (χ2v) is 5.55. The first-order valence-electron chi connectivity index (χ1n) is 7.74. The van der Waals surface area contributed by atoms with Crippen molar-refractivity contribution in [3.8, 4) is 0 Å². The summed E-state index contributed by atoms with van der Waals surface area (Å²) in [5.41, 5.74) is 0. The van der Waals surface area contributed by atoms with Crippen LogP contribution in [0.15, 0.2) is 0 Å². The molecule has 0 saturated carbocycles. The number of aliphatic hydroxyl groups excluding tert-OH is 1. The summed E-state index contributed by atoms with van der Waals surface area (Å²) in [5.74, 6) is 0.434. The zero-order valence-corrected chi connectivity index (χ0v) is 12.3. The maximum atomic E-state index is 10.1. The van der Waals surface area contributed by atoms with Gasteiger partial charge < -0.3 is 15.2 Å². The van der Waals surface area contributed by atoms with Crippen molar-refractivity contribution in [3.63, 3.8) is 0 Å². The molecule has 1 aliphatic heterocycles. The van der Waals surface area contributed by atoms with Gasteiger partial charge in [-0.15, -0.1) is 0 Å². The largest absolute Gasteiger partial charge is 0.392 e. The Hall–Kier alpha value is -0.120. The Morgan fingerprint density at radius 3 is 2.61 bits per heavy atom. The van der Waals surface area contributed by atoms with Gasteiger partial charge in [0, 0.05) is 19.2 Å². The van der Waals surface area contributed by atoms with E-state index in [2.05, 4.69) is 26.1 Å². The molecule has 0 spiro atoms. The van der Waals surface area contributed by atoms with Gasteiger partial charge in [0.1, 0.15) is 0 Å². The Kier molecular flexibility index (Phi) is 7.87. The smallest absolute Gasteiger partial charge is 0.0692 e. The van der Waals surface area contributed by atoms with Crippen LogP contribution in [0.25, 0.3) is 0 Å². The van der Waals surface area contributed by atoms with Crippen molar-refractivity contribution in [2.45, 2.75) is 77.5 Å². The minimum absolute atomic E-state index is 0.201. The zero-order valence-electron chi connectivity index (χ0n) is 12.3. The van der Waals surface area contributed by atoms with Crippen LogP contribution in [0.5, 0.6) is 0 Å². The summed E-state index contributed by atoms with van der Waals surface area (Å²) >= 11 is 0. The Balaban J connectivity index is 2.25. The number of hydrogen-bond donors (Lipinski definition) is 2. The van der Waals surface area contributed by atoms with Crippen LogP contribution in [0.2, 0.25) is 0 Å².